The zero-order chi connectivity index (χ0) is 19.0. The molecule has 1 fully saturated rings. The summed E-state index contributed by atoms with van der Waals surface area (Å²) in [5, 5.41) is 0. The fourth-order valence-electron chi connectivity index (χ4n) is 3.97. The number of aliphatic imine (C=N–C) groups is 1. The average Bonchev–Trinajstić information content (AvgIpc) is 3.18. The summed E-state index contributed by atoms with van der Waals surface area (Å²) in [6.45, 7) is 4.01. The van der Waals surface area contributed by atoms with Crippen LogP contribution in [0.15, 0.2) is 47.5 Å². The van der Waals surface area contributed by atoms with Crippen LogP contribution in [0.1, 0.15) is 58.6 Å². The molecule has 0 aromatic heterocycles. The molecule has 1 saturated carbocycles. The average molecular weight is 360 g/mol. The van der Waals surface area contributed by atoms with Gasteiger partial charge in [0.25, 0.3) is 5.91 Å². The van der Waals surface area contributed by atoms with Crippen molar-refractivity contribution in [2.24, 2.45) is 4.99 Å². The van der Waals surface area contributed by atoms with E-state index < -0.39 is 5.92 Å². The molecule has 4 nitrogen and oxygen atoms in total. The molecular weight excluding hydrogens is 336 g/mol. The van der Waals surface area contributed by atoms with Gasteiger partial charge in [-0.15, -0.1) is 0 Å². The maximum Gasteiger partial charge on any atom is 0.265 e. The van der Waals surface area contributed by atoms with Crippen LogP contribution in [-0.4, -0.2) is 24.1 Å². The Morgan fingerprint density at radius 3 is 2.48 bits per heavy atom. The van der Waals surface area contributed by atoms with Crippen LogP contribution < -0.4 is 4.90 Å². The van der Waals surface area contributed by atoms with Crippen LogP contribution in [0.4, 0.5) is 5.69 Å². The Morgan fingerprint density at radius 1 is 1.00 bits per heavy atom. The van der Waals surface area contributed by atoms with E-state index in [-0.39, 0.29) is 11.8 Å². The lowest BCUT2D eigenvalue weighted by Crippen LogP contribution is -2.45. The minimum Gasteiger partial charge on any atom is -0.293 e. The maximum absolute atomic E-state index is 13.3. The minimum atomic E-state index is -0.513. The molecule has 4 rings (SSSR count). The first kappa shape index (κ1) is 17.7. The zero-order valence-electron chi connectivity index (χ0n) is 15.8. The van der Waals surface area contributed by atoms with Gasteiger partial charge in [0.15, 0.2) is 0 Å². The van der Waals surface area contributed by atoms with Crippen molar-refractivity contribution < 1.29 is 9.59 Å². The normalized spacial score (nSPS) is 20.5. The van der Waals surface area contributed by atoms with E-state index in [1.807, 2.05) is 50.2 Å². The van der Waals surface area contributed by atoms with Gasteiger partial charge < -0.3 is 0 Å². The van der Waals surface area contributed by atoms with E-state index in [1.54, 1.807) is 12.3 Å². The van der Waals surface area contributed by atoms with Crippen LogP contribution in [0.3, 0.4) is 0 Å². The molecule has 27 heavy (non-hydrogen) atoms. The number of rotatable bonds is 3. The topological polar surface area (TPSA) is 49.7 Å². The lowest BCUT2D eigenvalue weighted by molar-refractivity contribution is -0.118. The first-order valence-electron chi connectivity index (χ1n) is 9.64. The lowest BCUT2D eigenvalue weighted by Gasteiger charge is -2.31. The third-order valence-electron chi connectivity index (χ3n) is 5.74. The minimum absolute atomic E-state index is 0.219. The van der Waals surface area contributed by atoms with Crippen LogP contribution in [-0.2, 0) is 4.79 Å². The van der Waals surface area contributed by atoms with Crippen LogP contribution >= 0.6 is 0 Å². The quantitative estimate of drug-likeness (QED) is 0.594. The molecule has 2 aromatic carbocycles. The number of nitrogens with zero attached hydrogens (tertiary/aromatic N) is 2. The molecule has 1 aliphatic heterocycles. The van der Waals surface area contributed by atoms with E-state index in [2.05, 4.69) is 0 Å². The van der Waals surface area contributed by atoms with E-state index in [1.165, 1.54) is 17.7 Å². The number of hydrogen-bond donors (Lipinski definition) is 0. The monoisotopic (exact) mass is 360 g/mol. The van der Waals surface area contributed by atoms with Crippen molar-refractivity contribution in [3.63, 3.8) is 0 Å². The Hall–Kier alpha value is -2.75. The summed E-state index contributed by atoms with van der Waals surface area (Å²) < 4.78 is 0. The predicted octanol–water partition coefficient (Wildman–Crippen LogP) is 4.59. The molecule has 2 amide bonds. The van der Waals surface area contributed by atoms with Crippen LogP contribution in [0.5, 0.6) is 0 Å². The highest BCUT2D eigenvalue weighted by Crippen LogP contribution is 2.33. The predicted molar refractivity (Wildman–Crippen MR) is 108 cm³/mol. The second-order valence-electron chi connectivity index (χ2n) is 7.55. The second-order valence-corrected chi connectivity index (χ2v) is 7.55. The van der Waals surface area contributed by atoms with E-state index in [4.69, 9.17) is 4.99 Å². The molecular formula is C23H24N2O2. The molecule has 0 radical (unpaired) electrons. The molecule has 1 aliphatic carbocycles. The van der Waals surface area contributed by atoms with Gasteiger partial charge >= 0.3 is 0 Å². The number of aryl methyl sites for hydroxylation is 2. The Morgan fingerprint density at radius 2 is 1.74 bits per heavy atom. The fraction of sp³-hybridized carbons (Fsp3) is 0.348. The number of carbonyl (C=O) groups excluding carboxylic acids is 2. The van der Waals surface area contributed by atoms with E-state index in [0.717, 1.165) is 29.5 Å². The van der Waals surface area contributed by atoms with Gasteiger partial charge in [0.1, 0.15) is 0 Å². The molecule has 0 N–H and O–H groups in total. The van der Waals surface area contributed by atoms with Gasteiger partial charge in [-0.2, -0.15) is 0 Å². The standard InChI is InChI=1S/C23H24N2O2/c1-15-11-12-18(13-16(15)2)25-22(26)20-10-6-5-9-19(20)21(23(25)27)14-24-17-7-3-4-8-17/h5-6,9-14,17,21H,3-4,7-8H2,1-2H3/t21-/m0/s1. The number of anilines is 1. The lowest BCUT2D eigenvalue weighted by atomic mass is 9.88. The number of amides is 2. The van der Waals surface area contributed by atoms with Crippen LogP contribution in [0.25, 0.3) is 0 Å². The third kappa shape index (κ3) is 3.20. The van der Waals surface area contributed by atoms with Gasteiger partial charge in [0, 0.05) is 17.8 Å². The van der Waals surface area contributed by atoms with Gasteiger partial charge in [-0.25, -0.2) is 4.90 Å². The Labute approximate surface area is 159 Å². The summed E-state index contributed by atoms with van der Waals surface area (Å²) in [6.07, 6.45) is 6.34. The first-order chi connectivity index (χ1) is 13.1. The number of carbonyl (C=O) groups is 2. The summed E-state index contributed by atoms with van der Waals surface area (Å²) in [6, 6.07) is 13.4. The molecule has 138 valence electrons. The first-order valence-corrected chi connectivity index (χ1v) is 9.64. The molecule has 2 aliphatic rings. The SMILES string of the molecule is Cc1ccc(N2C(=O)c3ccccc3[C@H](C=NC3CCCC3)C2=O)cc1C. The molecule has 0 bridgehead atoms. The Bertz CT molecular complexity index is 926. The molecule has 0 spiro atoms. The van der Waals surface area contributed by atoms with Crippen molar-refractivity contribution in [3.8, 4) is 0 Å². The smallest absolute Gasteiger partial charge is 0.265 e. The van der Waals surface area contributed by atoms with Crippen LogP contribution in [0.2, 0.25) is 0 Å². The van der Waals surface area contributed by atoms with Crippen LogP contribution in [0, 0.1) is 13.8 Å². The van der Waals surface area contributed by atoms with Crippen molar-refractivity contribution in [1.29, 1.82) is 0 Å². The highest BCUT2D eigenvalue weighted by Gasteiger charge is 2.38. The summed E-state index contributed by atoms with van der Waals surface area (Å²) in [5.74, 6) is -0.992. The second kappa shape index (κ2) is 7.10. The number of benzene rings is 2. The Kier molecular flexibility index (Phi) is 4.65. The van der Waals surface area contributed by atoms with Gasteiger partial charge in [0.05, 0.1) is 11.6 Å². The molecule has 0 unspecified atom stereocenters. The summed E-state index contributed by atoms with van der Waals surface area (Å²) >= 11 is 0. The van der Waals surface area contributed by atoms with Crippen molar-refractivity contribution in [2.45, 2.75) is 51.5 Å². The van der Waals surface area contributed by atoms with Crippen molar-refractivity contribution in [3.05, 3.63) is 64.7 Å². The van der Waals surface area contributed by atoms with E-state index in [9.17, 15) is 9.59 Å². The highest BCUT2D eigenvalue weighted by molar-refractivity contribution is 6.29. The van der Waals surface area contributed by atoms with E-state index in [0.29, 0.717) is 17.3 Å². The molecule has 0 saturated heterocycles. The van der Waals surface area contributed by atoms with Gasteiger partial charge in [-0.05, 0) is 61.6 Å². The Balaban J connectivity index is 1.76. The zero-order valence-corrected chi connectivity index (χ0v) is 15.8. The van der Waals surface area contributed by atoms with Gasteiger partial charge in [-0.1, -0.05) is 37.1 Å². The van der Waals surface area contributed by atoms with Gasteiger partial charge in [0.2, 0.25) is 5.91 Å². The summed E-state index contributed by atoms with van der Waals surface area (Å²) in [7, 11) is 0. The van der Waals surface area contributed by atoms with Gasteiger partial charge in [-0.3, -0.25) is 14.6 Å². The number of hydrogen-bond acceptors (Lipinski definition) is 3. The third-order valence-corrected chi connectivity index (χ3v) is 5.74. The molecule has 1 atom stereocenters. The number of fused-ring (bicyclic) bond motifs is 1. The van der Waals surface area contributed by atoms with E-state index >= 15 is 0 Å². The number of imide groups is 1. The highest BCUT2D eigenvalue weighted by atomic mass is 16.2. The molecule has 1 heterocycles. The summed E-state index contributed by atoms with van der Waals surface area (Å²) in [4.78, 5) is 32.4. The van der Waals surface area contributed by atoms with Crippen molar-refractivity contribution in [1.82, 2.24) is 0 Å². The molecule has 2 aromatic rings. The molecule has 4 heteroatoms. The fourth-order valence-corrected chi connectivity index (χ4v) is 3.97. The summed E-state index contributed by atoms with van der Waals surface area (Å²) in [5.41, 5.74) is 4.16. The maximum atomic E-state index is 13.3. The van der Waals surface area contributed by atoms with Crippen molar-refractivity contribution >= 4 is 23.7 Å². The van der Waals surface area contributed by atoms with Crippen molar-refractivity contribution in [2.75, 3.05) is 4.90 Å². The largest absolute Gasteiger partial charge is 0.293 e.